The van der Waals surface area contributed by atoms with Gasteiger partial charge in [-0.1, -0.05) is 31.4 Å². The van der Waals surface area contributed by atoms with Crippen molar-refractivity contribution in [1.29, 1.82) is 0 Å². The predicted molar refractivity (Wildman–Crippen MR) is 205 cm³/mol. The van der Waals surface area contributed by atoms with Crippen molar-refractivity contribution in [3.8, 4) is 0 Å². The van der Waals surface area contributed by atoms with Gasteiger partial charge in [-0.15, -0.1) is 0 Å². The van der Waals surface area contributed by atoms with Crippen molar-refractivity contribution in [1.82, 2.24) is 30.1 Å². The standard InChI is InChI=1S/C41H50F2N8O4/c42-29-10-13-34(43)32(24-29)36-7-5-20-50(36)37-18-23-51-39(47-37)33(25-45-51)40(54)44-19-4-2-1-3-6-31(52)26-49-21-16-28(17-22-49)27-8-11-30(12-9-27)46-35-14-15-38(53)48-41(35)55/h8-13,18,23-25,28,31,35-36,46,52H,1-7,14-17,19-22,26H2,(H,44,54)(H,48,53,55). The molecular formula is C41H50F2N8O4. The van der Waals surface area contributed by atoms with Crippen LogP contribution >= 0.6 is 0 Å². The third-order valence-electron chi connectivity index (χ3n) is 11.2. The van der Waals surface area contributed by atoms with Gasteiger partial charge in [0.2, 0.25) is 11.8 Å². The van der Waals surface area contributed by atoms with Gasteiger partial charge in [-0.25, -0.2) is 18.3 Å². The molecule has 0 radical (unpaired) electrons. The summed E-state index contributed by atoms with van der Waals surface area (Å²) >= 11 is 0. The van der Waals surface area contributed by atoms with E-state index < -0.39 is 17.7 Å². The first-order valence-electron chi connectivity index (χ1n) is 19.7. The zero-order valence-electron chi connectivity index (χ0n) is 31.1. The summed E-state index contributed by atoms with van der Waals surface area (Å²) in [4.78, 5) is 45.6. The number of carbonyl (C=O) groups is 3. The monoisotopic (exact) mass is 756 g/mol. The number of piperidine rings is 2. The minimum absolute atomic E-state index is 0.219. The highest BCUT2D eigenvalue weighted by molar-refractivity contribution is 6.01. The lowest BCUT2D eigenvalue weighted by Gasteiger charge is -2.33. The number of imide groups is 1. The van der Waals surface area contributed by atoms with E-state index in [1.165, 1.54) is 17.8 Å². The number of carbonyl (C=O) groups excluding carboxylic acids is 3. The van der Waals surface area contributed by atoms with E-state index in [9.17, 15) is 28.3 Å². The first-order valence-corrected chi connectivity index (χ1v) is 19.7. The molecule has 2 aromatic heterocycles. The molecule has 3 atom stereocenters. The Bertz CT molecular complexity index is 1970. The van der Waals surface area contributed by atoms with Gasteiger partial charge in [0.05, 0.1) is 18.3 Å². The van der Waals surface area contributed by atoms with E-state index in [1.54, 1.807) is 16.8 Å². The first kappa shape index (κ1) is 38.3. The van der Waals surface area contributed by atoms with Gasteiger partial charge in [0.15, 0.2) is 5.65 Å². The highest BCUT2D eigenvalue weighted by Crippen LogP contribution is 2.37. The molecule has 4 aromatic rings. The number of rotatable bonds is 15. The van der Waals surface area contributed by atoms with Crippen LogP contribution in [0.25, 0.3) is 5.65 Å². The Kier molecular flexibility index (Phi) is 12.3. The Morgan fingerprint density at radius 1 is 0.964 bits per heavy atom. The van der Waals surface area contributed by atoms with Crippen LogP contribution in [0.2, 0.25) is 0 Å². The number of nitrogens with one attached hydrogen (secondary N) is 3. The molecule has 0 bridgehead atoms. The van der Waals surface area contributed by atoms with Crippen molar-refractivity contribution in [3.63, 3.8) is 0 Å². The van der Waals surface area contributed by atoms with Crippen LogP contribution in [-0.2, 0) is 9.59 Å². The molecule has 0 saturated carbocycles. The van der Waals surface area contributed by atoms with Gasteiger partial charge >= 0.3 is 0 Å². The van der Waals surface area contributed by atoms with Crippen molar-refractivity contribution >= 4 is 34.9 Å². The number of halogens is 2. The fourth-order valence-electron chi connectivity index (χ4n) is 8.19. The lowest BCUT2D eigenvalue weighted by atomic mass is 9.89. The molecule has 3 unspecified atom stereocenters. The van der Waals surface area contributed by atoms with Gasteiger partial charge in [-0.3, -0.25) is 19.7 Å². The summed E-state index contributed by atoms with van der Waals surface area (Å²) in [6, 6.07) is 12.8. The Balaban J connectivity index is 0.783. The smallest absolute Gasteiger partial charge is 0.256 e. The van der Waals surface area contributed by atoms with Crippen LogP contribution < -0.4 is 20.9 Å². The lowest BCUT2D eigenvalue weighted by molar-refractivity contribution is -0.133. The minimum Gasteiger partial charge on any atom is -0.392 e. The van der Waals surface area contributed by atoms with Crippen LogP contribution in [0.3, 0.4) is 0 Å². The van der Waals surface area contributed by atoms with Gasteiger partial charge in [0, 0.05) is 43.5 Å². The quantitative estimate of drug-likeness (QED) is 0.0916. The SMILES string of the molecule is O=C1CCC(Nc2ccc(C3CCN(CC(O)CCCCCCNC(=O)c4cnn5ccc(N6CCCC6c6cc(F)ccc6F)nc45)CC3)cc2)C(=O)N1. The fraction of sp³-hybridized carbons (Fsp3) is 0.488. The zero-order chi connectivity index (χ0) is 38.3. The third kappa shape index (κ3) is 9.48. The van der Waals surface area contributed by atoms with E-state index in [4.69, 9.17) is 4.98 Å². The maximum absolute atomic E-state index is 14.6. The van der Waals surface area contributed by atoms with Crippen molar-refractivity contribution in [2.75, 3.05) is 42.9 Å². The summed E-state index contributed by atoms with van der Waals surface area (Å²) in [7, 11) is 0. The fourth-order valence-corrected chi connectivity index (χ4v) is 8.19. The van der Waals surface area contributed by atoms with Gasteiger partial charge in [-0.2, -0.15) is 5.10 Å². The summed E-state index contributed by atoms with van der Waals surface area (Å²) in [5.74, 6) is -0.627. The van der Waals surface area contributed by atoms with Crippen molar-refractivity contribution < 1.29 is 28.3 Å². The molecule has 5 heterocycles. The second-order valence-electron chi connectivity index (χ2n) is 15.1. The Hall–Kier alpha value is -4.95. The lowest BCUT2D eigenvalue weighted by Crippen LogP contribution is -2.47. The molecule has 0 aliphatic carbocycles. The molecule has 292 valence electrons. The van der Waals surface area contributed by atoms with Gasteiger partial charge in [0.25, 0.3) is 5.91 Å². The number of aliphatic hydroxyl groups excluding tert-OH is 1. The Morgan fingerprint density at radius 2 is 1.76 bits per heavy atom. The molecule has 3 fully saturated rings. The largest absolute Gasteiger partial charge is 0.392 e. The van der Waals surface area contributed by atoms with Crippen molar-refractivity contribution in [3.05, 3.63) is 89.2 Å². The maximum Gasteiger partial charge on any atom is 0.256 e. The zero-order valence-corrected chi connectivity index (χ0v) is 31.1. The number of hydrogen-bond donors (Lipinski definition) is 4. The average Bonchev–Trinajstić information content (AvgIpc) is 3.85. The molecule has 3 aliphatic heterocycles. The Labute approximate surface area is 319 Å². The molecule has 55 heavy (non-hydrogen) atoms. The molecule has 3 saturated heterocycles. The van der Waals surface area contributed by atoms with E-state index in [0.29, 0.717) is 67.4 Å². The number of benzene rings is 2. The predicted octanol–water partition coefficient (Wildman–Crippen LogP) is 5.49. The molecule has 4 N–H and O–H groups in total. The molecule has 3 amide bonds. The number of aromatic nitrogens is 3. The molecule has 2 aromatic carbocycles. The highest BCUT2D eigenvalue weighted by atomic mass is 19.1. The van der Waals surface area contributed by atoms with Crippen LogP contribution in [-0.4, -0.2) is 87.2 Å². The second-order valence-corrected chi connectivity index (χ2v) is 15.1. The number of hydrogen-bond acceptors (Lipinski definition) is 9. The number of anilines is 2. The number of likely N-dealkylation sites (tertiary alicyclic amines) is 1. The number of β-amino-alcohol motifs (C(OH)–C–C–N with tert-alkyl or cyclic N) is 1. The van der Waals surface area contributed by atoms with Crippen LogP contribution in [0.4, 0.5) is 20.3 Å². The highest BCUT2D eigenvalue weighted by Gasteiger charge is 2.31. The molecular weight excluding hydrogens is 706 g/mol. The second kappa shape index (κ2) is 17.7. The number of unbranched alkanes of at least 4 members (excludes halogenated alkanes) is 3. The molecule has 0 spiro atoms. The molecule has 12 nitrogen and oxygen atoms in total. The maximum atomic E-state index is 14.6. The van der Waals surface area contributed by atoms with Crippen molar-refractivity contribution in [2.24, 2.45) is 0 Å². The van der Waals surface area contributed by atoms with Gasteiger partial charge in [-0.05, 0) is 106 Å². The summed E-state index contributed by atoms with van der Waals surface area (Å²) in [6.07, 6.45) is 11.6. The normalized spacial score (nSPS) is 20.2. The Morgan fingerprint density at radius 3 is 2.56 bits per heavy atom. The summed E-state index contributed by atoms with van der Waals surface area (Å²) in [5, 5.41) is 23.6. The third-order valence-corrected chi connectivity index (χ3v) is 11.2. The summed E-state index contributed by atoms with van der Waals surface area (Å²) in [5.41, 5.74) is 3.23. The van der Waals surface area contributed by atoms with Crippen LogP contribution in [0, 0.1) is 11.6 Å². The van der Waals surface area contributed by atoms with Gasteiger partial charge < -0.3 is 25.5 Å². The van der Waals surface area contributed by atoms with Crippen LogP contribution in [0.15, 0.2) is 60.9 Å². The van der Waals surface area contributed by atoms with E-state index >= 15 is 0 Å². The summed E-state index contributed by atoms with van der Waals surface area (Å²) in [6.45, 7) is 3.71. The van der Waals surface area contributed by atoms with E-state index in [-0.39, 0.29) is 29.9 Å². The number of fused-ring (bicyclic) bond motifs is 1. The number of amides is 3. The van der Waals surface area contributed by atoms with Crippen molar-refractivity contribution in [2.45, 2.75) is 94.7 Å². The van der Waals surface area contributed by atoms with E-state index in [2.05, 4.69) is 38.1 Å². The number of nitrogens with zero attached hydrogens (tertiary/aromatic N) is 5. The average molecular weight is 757 g/mol. The first-order chi connectivity index (χ1) is 26.7. The van der Waals surface area contributed by atoms with Gasteiger partial charge in [0.1, 0.15) is 29.1 Å². The summed E-state index contributed by atoms with van der Waals surface area (Å²) < 4.78 is 30.2. The minimum atomic E-state index is -0.479. The van der Waals surface area contributed by atoms with Crippen LogP contribution in [0.5, 0.6) is 0 Å². The molecule has 3 aliphatic rings. The number of aliphatic hydroxyl groups is 1. The van der Waals surface area contributed by atoms with E-state index in [0.717, 1.165) is 82.3 Å². The molecule has 14 heteroatoms. The topological polar surface area (TPSA) is 144 Å². The van der Waals surface area contributed by atoms with E-state index in [1.807, 2.05) is 17.0 Å². The molecule has 7 rings (SSSR count). The van der Waals surface area contributed by atoms with Crippen LogP contribution in [0.1, 0.15) is 104 Å².